The molecule has 0 bridgehead atoms. The molecule has 0 atom stereocenters. The van der Waals surface area contributed by atoms with Crippen LogP contribution in [0.25, 0.3) is 0 Å². The molecule has 0 radical (unpaired) electrons. The van der Waals surface area contributed by atoms with Crippen LogP contribution in [0.4, 0.5) is 5.69 Å². The second-order valence-electron chi connectivity index (χ2n) is 5.04. The van der Waals surface area contributed by atoms with Crippen LogP contribution in [0.1, 0.15) is 17.5 Å². The standard InChI is InChI=1S/C16H12N2O4S/c17-10-11-2-1-3-14(8-11)23(20,21)22-13-5-6-15-12(9-13)4-7-16(19)18-15/h1-3,5-6,8-9H,4,7H2,(H,18,19). The van der Waals surface area contributed by atoms with Crippen molar-refractivity contribution >= 4 is 21.7 Å². The van der Waals surface area contributed by atoms with Crippen LogP contribution in [0.2, 0.25) is 0 Å². The third-order valence-corrected chi connectivity index (χ3v) is 4.67. The Hall–Kier alpha value is -2.85. The van der Waals surface area contributed by atoms with Crippen LogP contribution in [0.3, 0.4) is 0 Å². The number of nitriles is 1. The summed E-state index contributed by atoms with van der Waals surface area (Å²) in [6.07, 6.45) is 0.885. The normalized spacial score (nSPS) is 13.6. The highest BCUT2D eigenvalue weighted by Gasteiger charge is 2.20. The highest BCUT2D eigenvalue weighted by molar-refractivity contribution is 7.87. The minimum atomic E-state index is -4.02. The Bertz CT molecular complexity index is 929. The van der Waals surface area contributed by atoms with E-state index in [1.165, 1.54) is 30.3 Å². The first-order chi connectivity index (χ1) is 11.0. The number of nitrogens with one attached hydrogen (secondary N) is 1. The van der Waals surface area contributed by atoms with E-state index in [1.807, 2.05) is 6.07 Å². The molecule has 0 unspecified atom stereocenters. The first-order valence-electron chi connectivity index (χ1n) is 6.85. The van der Waals surface area contributed by atoms with Crippen molar-refractivity contribution in [2.75, 3.05) is 5.32 Å². The Kier molecular flexibility index (Phi) is 3.76. The summed E-state index contributed by atoms with van der Waals surface area (Å²) < 4.78 is 29.7. The molecule has 1 heterocycles. The molecule has 3 rings (SSSR count). The molecule has 0 saturated carbocycles. The fraction of sp³-hybridized carbons (Fsp3) is 0.125. The summed E-state index contributed by atoms with van der Waals surface area (Å²) in [5, 5.41) is 11.6. The Morgan fingerprint density at radius 3 is 2.74 bits per heavy atom. The van der Waals surface area contributed by atoms with Gasteiger partial charge in [0.25, 0.3) is 0 Å². The van der Waals surface area contributed by atoms with Crippen molar-refractivity contribution in [1.29, 1.82) is 5.26 Å². The minimum absolute atomic E-state index is 0.0629. The van der Waals surface area contributed by atoms with Crippen LogP contribution in [-0.4, -0.2) is 14.3 Å². The van der Waals surface area contributed by atoms with Gasteiger partial charge in [-0.3, -0.25) is 4.79 Å². The number of anilines is 1. The number of fused-ring (bicyclic) bond motifs is 1. The lowest BCUT2D eigenvalue weighted by Crippen LogP contribution is -2.19. The zero-order valence-corrected chi connectivity index (χ0v) is 12.8. The number of nitrogens with zero attached hydrogens (tertiary/aromatic N) is 1. The molecule has 1 aliphatic heterocycles. The summed E-state index contributed by atoms with van der Waals surface area (Å²) in [4.78, 5) is 11.2. The van der Waals surface area contributed by atoms with Crippen LogP contribution >= 0.6 is 0 Å². The third-order valence-electron chi connectivity index (χ3n) is 3.43. The van der Waals surface area contributed by atoms with Gasteiger partial charge in [0.15, 0.2) is 0 Å². The van der Waals surface area contributed by atoms with E-state index in [0.29, 0.717) is 18.5 Å². The highest BCUT2D eigenvalue weighted by Crippen LogP contribution is 2.28. The SMILES string of the molecule is N#Cc1cccc(S(=O)(=O)Oc2ccc3c(c2)CCC(=O)N3)c1. The van der Waals surface area contributed by atoms with Gasteiger partial charge in [-0.05, 0) is 48.4 Å². The van der Waals surface area contributed by atoms with Gasteiger partial charge in [-0.15, -0.1) is 0 Å². The molecule has 0 spiro atoms. The summed E-state index contributed by atoms with van der Waals surface area (Å²) in [5.74, 6) is 0.106. The summed E-state index contributed by atoms with van der Waals surface area (Å²) in [6.45, 7) is 0. The van der Waals surface area contributed by atoms with Gasteiger partial charge in [-0.25, -0.2) is 0 Å². The molecule has 6 nitrogen and oxygen atoms in total. The number of carbonyl (C=O) groups is 1. The zero-order chi connectivity index (χ0) is 16.4. The van der Waals surface area contributed by atoms with E-state index < -0.39 is 10.1 Å². The average Bonchev–Trinajstić information content (AvgIpc) is 2.55. The number of rotatable bonds is 3. The molecule has 116 valence electrons. The van der Waals surface area contributed by atoms with E-state index in [1.54, 1.807) is 12.1 Å². The van der Waals surface area contributed by atoms with Crippen molar-refractivity contribution in [2.45, 2.75) is 17.7 Å². The number of hydrogen-bond donors (Lipinski definition) is 1. The Morgan fingerprint density at radius 1 is 1.13 bits per heavy atom. The van der Waals surface area contributed by atoms with Crippen molar-refractivity contribution in [2.24, 2.45) is 0 Å². The molecule has 2 aromatic rings. The number of hydrogen-bond acceptors (Lipinski definition) is 5. The predicted molar refractivity (Wildman–Crippen MR) is 82.4 cm³/mol. The molecule has 2 aromatic carbocycles. The van der Waals surface area contributed by atoms with Crippen molar-refractivity contribution in [1.82, 2.24) is 0 Å². The van der Waals surface area contributed by atoms with E-state index in [-0.39, 0.29) is 22.1 Å². The second-order valence-corrected chi connectivity index (χ2v) is 6.59. The van der Waals surface area contributed by atoms with Crippen LogP contribution in [-0.2, 0) is 21.3 Å². The number of aryl methyl sites for hydroxylation is 1. The summed E-state index contributed by atoms with van der Waals surface area (Å²) in [7, 11) is -4.02. The van der Waals surface area contributed by atoms with E-state index >= 15 is 0 Å². The van der Waals surface area contributed by atoms with Gasteiger partial charge in [-0.2, -0.15) is 13.7 Å². The average molecular weight is 328 g/mol. The molecular formula is C16H12N2O4S. The van der Waals surface area contributed by atoms with Crippen molar-refractivity contribution < 1.29 is 17.4 Å². The molecule has 0 aliphatic carbocycles. The smallest absolute Gasteiger partial charge is 0.339 e. The summed E-state index contributed by atoms with van der Waals surface area (Å²) in [6, 6.07) is 12.2. The maximum atomic E-state index is 12.3. The van der Waals surface area contributed by atoms with Gasteiger partial charge in [-0.1, -0.05) is 6.07 Å². The molecular weight excluding hydrogens is 316 g/mol. The molecule has 0 saturated heterocycles. The molecule has 0 fully saturated rings. The molecule has 0 aromatic heterocycles. The van der Waals surface area contributed by atoms with Crippen LogP contribution in [0.15, 0.2) is 47.4 Å². The first kappa shape index (κ1) is 15.1. The Balaban J connectivity index is 1.89. The van der Waals surface area contributed by atoms with Crippen molar-refractivity contribution in [3.05, 3.63) is 53.6 Å². The lowest BCUT2D eigenvalue weighted by Gasteiger charge is -2.17. The number of benzene rings is 2. The van der Waals surface area contributed by atoms with Gasteiger partial charge >= 0.3 is 10.1 Å². The molecule has 7 heteroatoms. The maximum absolute atomic E-state index is 12.3. The quantitative estimate of drug-likeness (QED) is 0.871. The second kappa shape index (κ2) is 5.74. The van der Waals surface area contributed by atoms with Gasteiger partial charge < -0.3 is 9.50 Å². The third kappa shape index (κ3) is 3.17. The van der Waals surface area contributed by atoms with E-state index in [4.69, 9.17) is 9.44 Å². The van der Waals surface area contributed by atoms with Crippen molar-refractivity contribution in [3.63, 3.8) is 0 Å². The largest absolute Gasteiger partial charge is 0.379 e. The Morgan fingerprint density at radius 2 is 1.96 bits per heavy atom. The molecule has 23 heavy (non-hydrogen) atoms. The number of carbonyl (C=O) groups excluding carboxylic acids is 1. The highest BCUT2D eigenvalue weighted by atomic mass is 32.2. The van der Waals surface area contributed by atoms with E-state index in [2.05, 4.69) is 5.32 Å². The topological polar surface area (TPSA) is 96.3 Å². The number of amides is 1. The lowest BCUT2D eigenvalue weighted by atomic mass is 10.0. The van der Waals surface area contributed by atoms with Crippen molar-refractivity contribution in [3.8, 4) is 11.8 Å². The van der Waals surface area contributed by atoms with Crippen LogP contribution in [0, 0.1) is 11.3 Å². The zero-order valence-electron chi connectivity index (χ0n) is 11.9. The lowest BCUT2D eigenvalue weighted by molar-refractivity contribution is -0.116. The monoisotopic (exact) mass is 328 g/mol. The summed E-state index contributed by atoms with van der Waals surface area (Å²) in [5.41, 5.74) is 1.73. The fourth-order valence-corrected chi connectivity index (χ4v) is 3.28. The molecule has 1 aliphatic rings. The van der Waals surface area contributed by atoms with Gasteiger partial charge in [0.05, 0.1) is 11.6 Å². The predicted octanol–water partition coefficient (Wildman–Crippen LogP) is 2.21. The van der Waals surface area contributed by atoms with E-state index in [0.717, 1.165) is 5.56 Å². The minimum Gasteiger partial charge on any atom is -0.379 e. The fourth-order valence-electron chi connectivity index (χ4n) is 2.31. The van der Waals surface area contributed by atoms with Crippen LogP contribution < -0.4 is 9.50 Å². The van der Waals surface area contributed by atoms with Crippen LogP contribution in [0.5, 0.6) is 5.75 Å². The van der Waals surface area contributed by atoms with Gasteiger partial charge in [0.1, 0.15) is 10.6 Å². The summed E-state index contributed by atoms with van der Waals surface area (Å²) >= 11 is 0. The molecule has 1 N–H and O–H groups in total. The first-order valence-corrected chi connectivity index (χ1v) is 8.26. The maximum Gasteiger partial charge on any atom is 0.339 e. The van der Waals surface area contributed by atoms with Gasteiger partial charge in [0.2, 0.25) is 5.91 Å². The Labute approximate surface area is 133 Å². The van der Waals surface area contributed by atoms with E-state index in [9.17, 15) is 13.2 Å². The van der Waals surface area contributed by atoms with Gasteiger partial charge in [0, 0.05) is 12.1 Å². The molecule has 1 amide bonds.